The zero-order chi connectivity index (χ0) is 23.1. The van der Waals surface area contributed by atoms with Crippen LogP contribution in [-0.4, -0.2) is 32.7 Å². The molecule has 1 aromatic carbocycles. The molecule has 0 bridgehead atoms. The van der Waals surface area contributed by atoms with E-state index >= 15 is 0 Å². The number of rotatable bonds is 5. The van der Waals surface area contributed by atoms with Crippen molar-refractivity contribution in [2.45, 2.75) is 19.6 Å². The molecule has 0 atom stereocenters. The molecule has 4 heterocycles. The Hall–Kier alpha value is -3.91. The first-order valence-corrected chi connectivity index (χ1v) is 10.6. The van der Waals surface area contributed by atoms with Gasteiger partial charge in [0.15, 0.2) is 5.82 Å². The first kappa shape index (κ1) is 21.0. The third-order valence-electron chi connectivity index (χ3n) is 5.69. The first-order valence-electron chi connectivity index (χ1n) is 10.2. The molecule has 3 aromatic heterocycles. The molecular weight excluding hydrogens is 444 g/mol. The van der Waals surface area contributed by atoms with Gasteiger partial charge in [-0.25, -0.2) is 9.78 Å². The quantitative estimate of drug-likeness (QED) is 0.482. The van der Waals surface area contributed by atoms with Gasteiger partial charge in [0, 0.05) is 25.5 Å². The maximum Gasteiger partial charge on any atom is 0.341 e. The summed E-state index contributed by atoms with van der Waals surface area (Å²) in [5.41, 5.74) is 2.30. The number of anilines is 1. The molecule has 5 rings (SSSR count). The molecule has 0 spiro atoms. The zero-order valence-electron chi connectivity index (χ0n) is 17.7. The molecule has 33 heavy (non-hydrogen) atoms. The van der Waals surface area contributed by atoms with Gasteiger partial charge in [-0.15, -0.1) is 0 Å². The van der Waals surface area contributed by atoms with E-state index < -0.39 is 11.4 Å². The standard InChI is InChI=1S/C24H19ClN4O4/c1-33-16-6-2-4-14(8-16)10-28-12-18(24(31)32)21(30)17-9-19(25)23(27-22(17)28)29-11-15-5-3-7-26-20(15)13-29/h2-9,12H,10-11,13H2,1H3,(H,31,32). The van der Waals surface area contributed by atoms with Crippen LogP contribution in [0.15, 0.2) is 59.7 Å². The van der Waals surface area contributed by atoms with Crippen LogP contribution in [0.25, 0.3) is 11.0 Å². The highest BCUT2D eigenvalue weighted by molar-refractivity contribution is 6.33. The third-order valence-corrected chi connectivity index (χ3v) is 5.97. The fraction of sp³-hybridized carbons (Fsp3) is 0.167. The summed E-state index contributed by atoms with van der Waals surface area (Å²) in [6.45, 7) is 1.43. The van der Waals surface area contributed by atoms with Crippen LogP contribution in [0.3, 0.4) is 0 Å². The zero-order valence-corrected chi connectivity index (χ0v) is 18.4. The molecule has 0 amide bonds. The summed E-state index contributed by atoms with van der Waals surface area (Å²) in [5, 5.41) is 10.0. The van der Waals surface area contributed by atoms with Crippen molar-refractivity contribution in [2.24, 2.45) is 0 Å². The maximum absolute atomic E-state index is 12.9. The molecule has 166 valence electrons. The van der Waals surface area contributed by atoms with Crippen molar-refractivity contribution in [3.05, 3.63) is 92.5 Å². The van der Waals surface area contributed by atoms with Crippen molar-refractivity contribution in [3.63, 3.8) is 0 Å². The summed E-state index contributed by atoms with van der Waals surface area (Å²) in [4.78, 5) is 35.8. The number of halogens is 1. The van der Waals surface area contributed by atoms with Crippen molar-refractivity contribution in [1.82, 2.24) is 14.5 Å². The molecule has 8 nitrogen and oxygen atoms in total. The number of aromatic nitrogens is 3. The number of carboxylic acid groups (broad SMARTS) is 1. The average molecular weight is 463 g/mol. The minimum Gasteiger partial charge on any atom is -0.497 e. The van der Waals surface area contributed by atoms with Crippen LogP contribution in [0.1, 0.15) is 27.2 Å². The number of benzene rings is 1. The van der Waals surface area contributed by atoms with E-state index in [2.05, 4.69) is 4.98 Å². The van der Waals surface area contributed by atoms with Gasteiger partial charge in [0.1, 0.15) is 17.0 Å². The number of carboxylic acids is 1. The maximum atomic E-state index is 12.9. The van der Waals surface area contributed by atoms with Crippen LogP contribution in [0, 0.1) is 0 Å². The molecule has 9 heteroatoms. The molecule has 0 unspecified atom stereocenters. The number of hydrogen-bond acceptors (Lipinski definition) is 6. The number of methoxy groups -OCH3 is 1. The summed E-state index contributed by atoms with van der Waals surface area (Å²) in [7, 11) is 1.58. The molecule has 4 aromatic rings. The fourth-order valence-corrected chi connectivity index (χ4v) is 4.36. The van der Waals surface area contributed by atoms with Crippen LogP contribution >= 0.6 is 11.6 Å². The topological polar surface area (TPSA) is 97.5 Å². The lowest BCUT2D eigenvalue weighted by atomic mass is 10.1. The van der Waals surface area contributed by atoms with Gasteiger partial charge >= 0.3 is 5.97 Å². The average Bonchev–Trinajstić information content (AvgIpc) is 3.24. The number of fused-ring (bicyclic) bond motifs is 2. The Morgan fingerprint density at radius 3 is 2.82 bits per heavy atom. The second-order valence-corrected chi connectivity index (χ2v) is 8.19. The first-order chi connectivity index (χ1) is 15.9. The lowest BCUT2D eigenvalue weighted by Crippen LogP contribution is -2.22. The molecule has 1 aliphatic rings. The smallest absolute Gasteiger partial charge is 0.341 e. The molecule has 1 aliphatic heterocycles. The van der Waals surface area contributed by atoms with E-state index in [4.69, 9.17) is 21.3 Å². The number of aromatic carboxylic acids is 1. The molecule has 0 saturated carbocycles. The van der Waals surface area contributed by atoms with E-state index in [0.29, 0.717) is 36.8 Å². The summed E-state index contributed by atoms with van der Waals surface area (Å²) in [6, 6.07) is 12.8. The Balaban J connectivity index is 1.66. The van der Waals surface area contributed by atoms with E-state index in [1.165, 1.54) is 12.3 Å². The summed E-state index contributed by atoms with van der Waals surface area (Å²) < 4.78 is 6.96. The number of carbonyl (C=O) groups is 1. The number of ether oxygens (including phenoxy) is 1. The molecule has 0 fully saturated rings. The van der Waals surface area contributed by atoms with Gasteiger partial charge in [0.2, 0.25) is 5.43 Å². The second kappa shape index (κ2) is 8.22. The highest BCUT2D eigenvalue weighted by Crippen LogP contribution is 2.33. The van der Waals surface area contributed by atoms with E-state index in [0.717, 1.165) is 16.8 Å². The summed E-state index contributed by atoms with van der Waals surface area (Å²) >= 11 is 6.55. The van der Waals surface area contributed by atoms with Gasteiger partial charge < -0.3 is 19.3 Å². The van der Waals surface area contributed by atoms with Crippen molar-refractivity contribution in [1.29, 1.82) is 0 Å². The number of pyridine rings is 3. The van der Waals surface area contributed by atoms with Gasteiger partial charge in [0.05, 0.1) is 29.8 Å². The van der Waals surface area contributed by atoms with Gasteiger partial charge in [-0.05, 0) is 35.4 Å². The largest absolute Gasteiger partial charge is 0.497 e. The predicted molar refractivity (Wildman–Crippen MR) is 124 cm³/mol. The lowest BCUT2D eigenvalue weighted by molar-refractivity contribution is 0.0695. The van der Waals surface area contributed by atoms with Crippen molar-refractivity contribution in [2.75, 3.05) is 12.0 Å². The summed E-state index contributed by atoms with van der Waals surface area (Å²) in [5.74, 6) is -0.109. The highest BCUT2D eigenvalue weighted by Gasteiger charge is 2.25. The Labute approximate surface area is 193 Å². The summed E-state index contributed by atoms with van der Waals surface area (Å²) in [6.07, 6.45) is 3.08. The van der Waals surface area contributed by atoms with Gasteiger partial charge in [-0.2, -0.15) is 0 Å². The molecule has 1 N–H and O–H groups in total. The molecule has 0 radical (unpaired) electrons. The van der Waals surface area contributed by atoms with Crippen LogP contribution < -0.4 is 15.1 Å². The Bertz CT molecular complexity index is 1440. The third kappa shape index (κ3) is 3.78. The van der Waals surface area contributed by atoms with E-state index in [1.54, 1.807) is 17.9 Å². The molecule has 0 aliphatic carbocycles. The van der Waals surface area contributed by atoms with Crippen molar-refractivity contribution >= 4 is 34.4 Å². The monoisotopic (exact) mass is 462 g/mol. The fourth-order valence-electron chi connectivity index (χ4n) is 4.09. The highest BCUT2D eigenvalue weighted by atomic mass is 35.5. The Morgan fingerprint density at radius 1 is 1.21 bits per heavy atom. The van der Waals surface area contributed by atoms with Crippen LogP contribution in [-0.2, 0) is 19.6 Å². The van der Waals surface area contributed by atoms with Gasteiger partial charge in [-0.3, -0.25) is 9.78 Å². The predicted octanol–water partition coefficient (Wildman–Crippen LogP) is 3.72. The van der Waals surface area contributed by atoms with E-state index in [9.17, 15) is 14.7 Å². The molecular formula is C24H19ClN4O4. The van der Waals surface area contributed by atoms with Gasteiger partial charge in [-0.1, -0.05) is 29.8 Å². The normalized spacial score (nSPS) is 12.7. The minimum absolute atomic E-state index is 0.154. The van der Waals surface area contributed by atoms with Crippen LogP contribution in [0.5, 0.6) is 5.75 Å². The minimum atomic E-state index is -1.30. The second-order valence-electron chi connectivity index (χ2n) is 7.79. The van der Waals surface area contributed by atoms with E-state index in [1.807, 2.05) is 41.3 Å². The Morgan fingerprint density at radius 2 is 2.06 bits per heavy atom. The SMILES string of the molecule is COc1cccc(Cn2cc(C(=O)O)c(=O)c3cc(Cl)c(N4Cc5cccnc5C4)nc32)c1. The van der Waals surface area contributed by atoms with Crippen LogP contribution in [0.2, 0.25) is 5.02 Å². The molecule has 0 saturated heterocycles. The van der Waals surface area contributed by atoms with Crippen LogP contribution in [0.4, 0.5) is 5.82 Å². The van der Waals surface area contributed by atoms with Gasteiger partial charge in [0.25, 0.3) is 0 Å². The number of hydrogen-bond donors (Lipinski definition) is 1. The number of nitrogens with zero attached hydrogens (tertiary/aromatic N) is 4. The van der Waals surface area contributed by atoms with Crippen molar-refractivity contribution in [3.8, 4) is 5.75 Å². The lowest BCUT2D eigenvalue weighted by Gasteiger charge is -2.20. The Kier molecular flexibility index (Phi) is 5.22. The van der Waals surface area contributed by atoms with Crippen molar-refractivity contribution < 1.29 is 14.6 Å². The van der Waals surface area contributed by atoms with E-state index in [-0.39, 0.29) is 16.0 Å².